The topological polar surface area (TPSA) is 78.1 Å². The van der Waals surface area contributed by atoms with Crippen LogP contribution in [0.1, 0.15) is 42.9 Å². The van der Waals surface area contributed by atoms with E-state index >= 15 is 0 Å². The number of anilines is 2. The number of methoxy groups -OCH3 is 1. The Balaban J connectivity index is 1.40. The fourth-order valence-electron chi connectivity index (χ4n) is 5.28. The second kappa shape index (κ2) is 9.15. The van der Waals surface area contributed by atoms with Crippen molar-refractivity contribution in [1.82, 2.24) is 0 Å². The summed E-state index contributed by atoms with van der Waals surface area (Å²) in [6.45, 7) is 2.72. The number of carbonyl (C=O) groups excluding carboxylic acids is 1. The summed E-state index contributed by atoms with van der Waals surface area (Å²) in [5.41, 5.74) is 5.61. The minimum absolute atomic E-state index is 0.0241. The average Bonchev–Trinajstić information content (AvgIpc) is 3.29. The van der Waals surface area contributed by atoms with E-state index in [9.17, 15) is 4.79 Å². The molecule has 2 heterocycles. The Bertz CT molecular complexity index is 1370. The number of fused-ring (bicyclic) bond motifs is 2. The highest BCUT2D eigenvalue weighted by molar-refractivity contribution is 6.01. The number of ketones is 1. The van der Waals surface area contributed by atoms with Crippen molar-refractivity contribution in [2.75, 3.05) is 31.1 Å². The van der Waals surface area contributed by atoms with Crippen LogP contribution in [0.15, 0.2) is 71.9 Å². The number of benzene rings is 3. The summed E-state index contributed by atoms with van der Waals surface area (Å²) >= 11 is 0. The van der Waals surface area contributed by atoms with Crippen LogP contribution >= 0.6 is 0 Å². The Hall–Kier alpha value is -4.13. The number of ether oxygens (including phenoxy) is 4. The third kappa shape index (κ3) is 3.90. The second-order valence-electron chi connectivity index (χ2n) is 9.12. The van der Waals surface area contributed by atoms with Crippen molar-refractivity contribution in [3.05, 3.63) is 83.1 Å². The molecular weight excluding hydrogens is 456 g/mol. The molecule has 0 saturated carbocycles. The Labute approximate surface area is 210 Å². The Morgan fingerprint density at radius 2 is 1.72 bits per heavy atom. The molecule has 184 valence electrons. The quantitative estimate of drug-likeness (QED) is 0.474. The molecule has 0 radical (unpaired) electrons. The van der Waals surface area contributed by atoms with E-state index in [4.69, 9.17) is 18.9 Å². The minimum atomic E-state index is -0.311. The number of Topliss-reactive ketones (excluding diaryl/α,β-unsaturated/α-hetero) is 1. The Morgan fingerprint density at radius 3 is 2.56 bits per heavy atom. The fourth-order valence-corrected chi connectivity index (χ4v) is 5.28. The van der Waals surface area contributed by atoms with E-state index in [0.29, 0.717) is 36.7 Å². The molecule has 3 aromatic carbocycles. The van der Waals surface area contributed by atoms with Gasteiger partial charge in [0.2, 0.25) is 6.79 Å². The molecule has 3 aliphatic rings. The number of nitrogens with one attached hydrogen (secondary N) is 2. The second-order valence-corrected chi connectivity index (χ2v) is 9.12. The SMILES string of the molecule is CCOc1ccc([C@H]2CC(=O)C3=C(C2)Nc2ccccc2N[C@@H]3c2ccc3c(c2)OCO3)cc1OC. The van der Waals surface area contributed by atoms with E-state index in [2.05, 4.69) is 10.6 Å². The maximum absolute atomic E-state index is 13.8. The zero-order chi connectivity index (χ0) is 24.6. The summed E-state index contributed by atoms with van der Waals surface area (Å²) in [4.78, 5) is 13.8. The molecule has 0 unspecified atom stereocenters. The summed E-state index contributed by atoms with van der Waals surface area (Å²) in [6, 6.07) is 19.6. The predicted octanol–water partition coefficient (Wildman–Crippen LogP) is 5.80. The van der Waals surface area contributed by atoms with Gasteiger partial charge in [0, 0.05) is 17.7 Å². The van der Waals surface area contributed by atoms with Crippen molar-refractivity contribution in [3.63, 3.8) is 0 Å². The summed E-state index contributed by atoms with van der Waals surface area (Å²) in [5, 5.41) is 7.21. The molecule has 2 N–H and O–H groups in total. The number of hydrogen-bond acceptors (Lipinski definition) is 7. The van der Waals surface area contributed by atoms with Gasteiger partial charge in [-0.2, -0.15) is 0 Å². The van der Waals surface area contributed by atoms with Gasteiger partial charge in [-0.1, -0.05) is 24.3 Å². The first kappa shape index (κ1) is 22.3. The van der Waals surface area contributed by atoms with Gasteiger partial charge in [0.25, 0.3) is 0 Å². The molecule has 6 rings (SSSR count). The maximum atomic E-state index is 13.8. The van der Waals surface area contributed by atoms with Crippen LogP contribution in [-0.4, -0.2) is 26.3 Å². The smallest absolute Gasteiger partial charge is 0.231 e. The molecule has 2 atom stereocenters. The van der Waals surface area contributed by atoms with Gasteiger partial charge in [-0.25, -0.2) is 0 Å². The molecule has 7 heteroatoms. The number of hydrogen-bond donors (Lipinski definition) is 2. The van der Waals surface area contributed by atoms with Gasteiger partial charge in [0.05, 0.1) is 31.1 Å². The zero-order valence-corrected chi connectivity index (χ0v) is 20.3. The predicted molar refractivity (Wildman–Crippen MR) is 137 cm³/mol. The summed E-state index contributed by atoms with van der Waals surface area (Å²) in [5.74, 6) is 2.95. The molecule has 0 spiro atoms. The van der Waals surface area contributed by atoms with Crippen molar-refractivity contribution in [1.29, 1.82) is 0 Å². The van der Waals surface area contributed by atoms with E-state index in [-0.39, 0.29) is 24.5 Å². The number of allylic oxidation sites excluding steroid dienone is 1. The molecule has 3 aromatic rings. The first-order valence-electron chi connectivity index (χ1n) is 12.2. The molecule has 36 heavy (non-hydrogen) atoms. The van der Waals surface area contributed by atoms with E-state index in [0.717, 1.165) is 39.5 Å². The van der Waals surface area contributed by atoms with Crippen molar-refractivity contribution < 1.29 is 23.7 Å². The van der Waals surface area contributed by atoms with Gasteiger partial charge in [-0.05, 0) is 66.8 Å². The standard InChI is InChI=1S/C29H28N2O5/c1-3-34-24-10-8-17(14-26(24)33-2)19-12-22-28(23(32)13-19)29(31-21-7-5-4-6-20(21)30-22)18-9-11-25-27(15-18)36-16-35-25/h4-11,14-15,19,29-31H,3,12-13,16H2,1-2H3/t19-,29-/m1/s1. The molecule has 0 aromatic heterocycles. The van der Waals surface area contributed by atoms with Crippen LogP contribution < -0.4 is 29.6 Å². The normalized spacial score (nSPS) is 20.0. The van der Waals surface area contributed by atoms with E-state index in [1.54, 1.807) is 7.11 Å². The zero-order valence-electron chi connectivity index (χ0n) is 20.3. The van der Waals surface area contributed by atoms with Gasteiger partial charge in [-0.3, -0.25) is 4.79 Å². The number of para-hydroxylation sites is 2. The Morgan fingerprint density at radius 1 is 0.917 bits per heavy atom. The van der Waals surface area contributed by atoms with Crippen LogP contribution in [0.3, 0.4) is 0 Å². The summed E-state index contributed by atoms with van der Waals surface area (Å²) in [7, 11) is 1.64. The van der Waals surface area contributed by atoms with Crippen molar-refractivity contribution in [2.24, 2.45) is 0 Å². The van der Waals surface area contributed by atoms with Crippen molar-refractivity contribution in [3.8, 4) is 23.0 Å². The Kier molecular flexibility index (Phi) is 5.68. The lowest BCUT2D eigenvalue weighted by Gasteiger charge is -2.30. The molecule has 7 nitrogen and oxygen atoms in total. The molecule has 0 bridgehead atoms. The highest BCUT2D eigenvalue weighted by Gasteiger charge is 2.36. The minimum Gasteiger partial charge on any atom is -0.493 e. The van der Waals surface area contributed by atoms with Crippen molar-refractivity contribution >= 4 is 17.2 Å². The van der Waals surface area contributed by atoms with Crippen LogP contribution in [0.2, 0.25) is 0 Å². The van der Waals surface area contributed by atoms with Crippen LogP contribution in [-0.2, 0) is 4.79 Å². The largest absolute Gasteiger partial charge is 0.493 e. The maximum Gasteiger partial charge on any atom is 0.231 e. The van der Waals surface area contributed by atoms with E-state index < -0.39 is 0 Å². The third-order valence-electron chi connectivity index (χ3n) is 7.00. The van der Waals surface area contributed by atoms with Crippen molar-refractivity contribution in [2.45, 2.75) is 31.7 Å². The lowest BCUT2D eigenvalue weighted by Crippen LogP contribution is -2.26. The van der Waals surface area contributed by atoms with Gasteiger partial charge in [0.15, 0.2) is 28.8 Å². The highest BCUT2D eigenvalue weighted by atomic mass is 16.7. The molecule has 0 fully saturated rings. The average molecular weight is 485 g/mol. The summed E-state index contributed by atoms with van der Waals surface area (Å²) < 4.78 is 22.4. The first-order valence-corrected chi connectivity index (χ1v) is 12.2. The molecular formula is C29H28N2O5. The molecule has 2 aliphatic heterocycles. The van der Waals surface area contributed by atoms with Crippen LogP contribution in [0.25, 0.3) is 0 Å². The van der Waals surface area contributed by atoms with Gasteiger partial charge >= 0.3 is 0 Å². The van der Waals surface area contributed by atoms with Crippen LogP contribution in [0.5, 0.6) is 23.0 Å². The van der Waals surface area contributed by atoms with Crippen LogP contribution in [0.4, 0.5) is 11.4 Å². The third-order valence-corrected chi connectivity index (χ3v) is 7.00. The first-order chi connectivity index (χ1) is 17.6. The van der Waals surface area contributed by atoms with Gasteiger partial charge in [0.1, 0.15) is 0 Å². The summed E-state index contributed by atoms with van der Waals surface area (Å²) in [6.07, 6.45) is 1.12. The van der Waals surface area contributed by atoms with E-state index in [1.165, 1.54) is 0 Å². The van der Waals surface area contributed by atoms with Gasteiger partial charge in [-0.15, -0.1) is 0 Å². The molecule has 0 amide bonds. The van der Waals surface area contributed by atoms with Gasteiger partial charge < -0.3 is 29.6 Å². The number of carbonyl (C=O) groups is 1. The monoisotopic (exact) mass is 484 g/mol. The molecule has 1 aliphatic carbocycles. The lowest BCUT2D eigenvalue weighted by molar-refractivity contribution is -0.116. The number of rotatable bonds is 5. The fraction of sp³-hybridized carbons (Fsp3) is 0.276. The van der Waals surface area contributed by atoms with Crippen LogP contribution in [0, 0.1) is 0 Å². The van der Waals surface area contributed by atoms with E-state index in [1.807, 2.05) is 67.6 Å². The highest BCUT2D eigenvalue weighted by Crippen LogP contribution is 2.46. The molecule has 0 saturated heterocycles. The lowest BCUT2D eigenvalue weighted by atomic mass is 9.78.